The summed E-state index contributed by atoms with van der Waals surface area (Å²) in [6, 6.07) is 8.24. The second-order valence-electron chi connectivity index (χ2n) is 4.55. The molecule has 0 unspecified atom stereocenters. The van der Waals surface area contributed by atoms with E-state index in [1.165, 1.54) is 0 Å². The maximum atomic E-state index is 11.9. The predicted octanol–water partition coefficient (Wildman–Crippen LogP) is 1.75. The number of nitrogens with one attached hydrogen (secondary N) is 2. The van der Waals surface area contributed by atoms with E-state index in [4.69, 9.17) is 9.26 Å². The maximum Gasteiger partial charge on any atom is 0.294 e. The van der Waals surface area contributed by atoms with Gasteiger partial charge in [-0.05, 0) is 38.1 Å². The lowest BCUT2D eigenvalue weighted by molar-refractivity contribution is -0.122. The summed E-state index contributed by atoms with van der Waals surface area (Å²) >= 11 is 0. The summed E-state index contributed by atoms with van der Waals surface area (Å²) in [5.41, 5.74) is 1.23. The van der Waals surface area contributed by atoms with Crippen LogP contribution in [0.25, 0.3) is 0 Å². The molecule has 0 saturated carbocycles. The van der Waals surface area contributed by atoms with Gasteiger partial charge in [-0.25, -0.2) is 0 Å². The van der Waals surface area contributed by atoms with Crippen molar-refractivity contribution in [3.8, 4) is 5.75 Å². The molecule has 0 aliphatic heterocycles. The van der Waals surface area contributed by atoms with E-state index in [1.807, 2.05) is 6.92 Å². The molecular formula is C15H17N3O4. The summed E-state index contributed by atoms with van der Waals surface area (Å²) in [6.45, 7) is 4.09. The molecule has 7 nitrogen and oxygen atoms in total. The first kappa shape index (κ1) is 15.6. The standard InChI is InChI=1S/C15H17N3O4/c1-3-16-14(19)9-21-12-6-4-11(5-7-12)17-15(20)13-8-10(2)18-22-13/h4-8H,3,9H2,1-2H3,(H,16,19)(H,17,20). The second-order valence-corrected chi connectivity index (χ2v) is 4.55. The molecule has 2 rings (SSSR count). The lowest BCUT2D eigenvalue weighted by Crippen LogP contribution is -2.28. The number of carbonyl (C=O) groups excluding carboxylic acids is 2. The molecule has 1 heterocycles. The van der Waals surface area contributed by atoms with Crippen molar-refractivity contribution >= 4 is 17.5 Å². The van der Waals surface area contributed by atoms with E-state index in [2.05, 4.69) is 15.8 Å². The van der Waals surface area contributed by atoms with E-state index in [-0.39, 0.29) is 24.2 Å². The fraction of sp³-hybridized carbons (Fsp3) is 0.267. The minimum absolute atomic E-state index is 0.0448. The molecule has 1 aromatic heterocycles. The molecule has 2 N–H and O–H groups in total. The third kappa shape index (κ3) is 4.34. The van der Waals surface area contributed by atoms with Crippen LogP contribution in [0.2, 0.25) is 0 Å². The Morgan fingerprint density at radius 3 is 2.59 bits per heavy atom. The van der Waals surface area contributed by atoms with E-state index in [1.54, 1.807) is 37.3 Å². The minimum Gasteiger partial charge on any atom is -0.484 e. The zero-order valence-electron chi connectivity index (χ0n) is 12.4. The molecule has 2 amide bonds. The van der Waals surface area contributed by atoms with E-state index < -0.39 is 0 Å². The molecule has 2 aromatic rings. The number of anilines is 1. The number of amides is 2. The molecule has 116 valence electrons. The Balaban J connectivity index is 1.89. The van der Waals surface area contributed by atoms with Gasteiger partial charge < -0.3 is 19.9 Å². The van der Waals surface area contributed by atoms with Gasteiger partial charge in [-0.3, -0.25) is 9.59 Å². The number of nitrogens with zero attached hydrogens (tertiary/aromatic N) is 1. The number of aryl methyl sites for hydroxylation is 1. The third-order valence-electron chi connectivity index (χ3n) is 2.71. The molecule has 22 heavy (non-hydrogen) atoms. The largest absolute Gasteiger partial charge is 0.484 e. The topological polar surface area (TPSA) is 93.5 Å². The summed E-state index contributed by atoms with van der Waals surface area (Å²) in [5.74, 6) is 0.131. The predicted molar refractivity (Wildman–Crippen MR) is 79.8 cm³/mol. The number of likely N-dealkylation sites (N-methyl/N-ethyl adjacent to an activating group) is 1. The van der Waals surface area contributed by atoms with E-state index in [9.17, 15) is 9.59 Å². The fourth-order valence-electron chi connectivity index (χ4n) is 1.69. The van der Waals surface area contributed by atoms with Gasteiger partial charge in [0.25, 0.3) is 11.8 Å². The van der Waals surface area contributed by atoms with Crippen molar-refractivity contribution in [2.75, 3.05) is 18.5 Å². The summed E-state index contributed by atoms with van der Waals surface area (Å²) in [5, 5.41) is 8.97. The van der Waals surface area contributed by atoms with Gasteiger partial charge >= 0.3 is 0 Å². The molecule has 0 aliphatic carbocycles. The summed E-state index contributed by atoms with van der Waals surface area (Å²) in [6.07, 6.45) is 0. The van der Waals surface area contributed by atoms with Gasteiger partial charge in [0.15, 0.2) is 6.61 Å². The van der Waals surface area contributed by atoms with Crippen molar-refractivity contribution in [1.29, 1.82) is 0 Å². The van der Waals surface area contributed by atoms with Crippen molar-refractivity contribution in [1.82, 2.24) is 10.5 Å². The highest BCUT2D eigenvalue weighted by Crippen LogP contribution is 2.16. The second kappa shape index (κ2) is 7.26. The zero-order valence-corrected chi connectivity index (χ0v) is 12.4. The Bertz CT molecular complexity index is 649. The van der Waals surface area contributed by atoms with Gasteiger partial charge in [-0.1, -0.05) is 5.16 Å². The van der Waals surface area contributed by atoms with Crippen LogP contribution in [-0.4, -0.2) is 30.1 Å². The Morgan fingerprint density at radius 1 is 1.27 bits per heavy atom. The van der Waals surface area contributed by atoms with Crippen molar-refractivity contribution in [2.45, 2.75) is 13.8 Å². The van der Waals surface area contributed by atoms with E-state index in [0.717, 1.165) is 0 Å². The van der Waals surface area contributed by atoms with E-state index in [0.29, 0.717) is 23.7 Å². The minimum atomic E-state index is -0.378. The van der Waals surface area contributed by atoms with Gasteiger partial charge in [0, 0.05) is 18.3 Å². The number of carbonyl (C=O) groups is 2. The van der Waals surface area contributed by atoms with Crippen LogP contribution >= 0.6 is 0 Å². The van der Waals surface area contributed by atoms with E-state index >= 15 is 0 Å². The van der Waals surface area contributed by atoms with Gasteiger partial charge in [-0.2, -0.15) is 0 Å². The SMILES string of the molecule is CCNC(=O)COc1ccc(NC(=O)c2cc(C)no2)cc1. The highest BCUT2D eigenvalue weighted by molar-refractivity contribution is 6.02. The summed E-state index contributed by atoms with van der Waals surface area (Å²) in [4.78, 5) is 23.1. The first-order valence-electron chi connectivity index (χ1n) is 6.82. The molecule has 0 atom stereocenters. The van der Waals surface area contributed by atoms with Crippen LogP contribution in [0.1, 0.15) is 23.2 Å². The Kier molecular flexibility index (Phi) is 5.13. The summed E-state index contributed by atoms with van der Waals surface area (Å²) in [7, 11) is 0. The van der Waals surface area contributed by atoms with Crippen molar-refractivity contribution in [3.05, 3.63) is 41.8 Å². The molecule has 0 saturated heterocycles. The number of aromatic nitrogens is 1. The number of hydrogen-bond donors (Lipinski definition) is 2. The van der Waals surface area contributed by atoms with Crippen LogP contribution in [0.15, 0.2) is 34.9 Å². The highest BCUT2D eigenvalue weighted by Gasteiger charge is 2.11. The summed E-state index contributed by atoms with van der Waals surface area (Å²) < 4.78 is 10.2. The molecule has 0 radical (unpaired) electrons. The van der Waals surface area contributed by atoms with Crippen LogP contribution in [0.5, 0.6) is 5.75 Å². The third-order valence-corrected chi connectivity index (χ3v) is 2.71. The molecular weight excluding hydrogens is 286 g/mol. The molecule has 0 bridgehead atoms. The first-order valence-corrected chi connectivity index (χ1v) is 6.82. The van der Waals surface area contributed by atoms with Crippen molar-refractivity contribution < 1.29 is 18.8 Å². The van der Waals surface area contributed by atoms with Crippen molar-refractivity contribution in [3.63, 3.8) is 0 Å². The molecule has 1 aromatic carbocycles. The number of benzene rings is 1. The zero-order chi connectivity index (χ0) is 15.9. The van der Waals surface area contributed by atoms with Gasteiger partial charge in [0.1, 0.15) is 5.75 Å². The Hall–Kier alpha value is -2.83. The van der Waals surface area contributed by atoms with Gasteiger partial charge in [0.05, 0.1) is 5.69 Å². The number of ether oxygens (including phenoxy) is 1. The quantitative estimate of drug-likeness (QED) is 0.848. The van der Waals surface area contributed by atoms with Crippen LogP contribution in [-0.2, 0) is 4.79 Å². The van der Waals surface area contributed by atoms with Crippen LogP contribution in [0.3, 0.4) is 0 Å². The van der Waals surface area contributed by atoms with Crippen LogP contribution in [0.4, 0.5) is 5.69 Å². The fourth-order valence-corrected chi connectivity index (χ4v) is 1.69. The lowest BCUT2D eigenvalue weighted by atomic mass is 10.3. The van der Waals surface area contributed by atoms with Crippen LogP contribution < -0.4 is 15.4 Å². The molecule has 0 spiro atoms. The van der Waals surface area contributed by atoms with Gasteiger partial charge in [-0.15, -0.1) is 0 Å². The average molecular weight is 303 g/mol. The number of rotatable bonds is 6. The monoisotopic (exact) mass is 303 g/mol. The molecule has 0 fully saturated rings. The van der Waals surface area contributed by atoms with Crippen LogP contribution in [0, 0.1) is 6.92 Å². The average Bonchev–Trinajstić information content (AvgIpc) is 2.93. The first-order chi connectivity index (χ1) is 10.6. The Morgan fingerprint density at radius 2 is 2.00 bits per heavy atom. The Labute approximate surface area is 127 Å². The maximum absolute atomic E-state index is 11.9. The van der Waals surface area contributed by atoms with Gasteiger partial charge in [0.2, 0.25) is 5.76 Å². The normalized spacial score (nSPS) is 10.1. The molecule has 0 aliphatic rings. The van der Waals surface area contributed by atoms with Crippen molar-refractivity contribution in [2.24, 2.45) is 0 Å². The number of hydrogen-bond acceptors (Lipinski definition) is 5. The highest BCUT2D eigenvalue weighted by atomic mass is 16.5. The smallest absolute Gasteiger partial charge is 0.294 e. The lowest BCUT2D eigenvalue weighted by Gasteiger charge is -2.07. The molecule has 7 heteroatoms.